The Morgan fingerprint density at radius 1 is 1.47 bits per heavy atom. The molecule has 0 fully saturated rings. The zero-order chi connectivity index (χ0) is 12.7. The van der Waals surface area contributed by atoms with Crippen LogP contribution < -0.4 is 4.74 Å². The predicted octanol–water partition coefficient (Wildman–Crippen LogP) is 1.04. The van der Waals surface area contributed by atoms with Gasteiger partial charge in [0, 0.05) is 19.6 Å². The lowest BCUT2D eigenvalue weighted by molar-refractivity contribution is -0.137. The van der Waals surface area contributed by atoms with Crippen molar-refractivity contribution in [1.29, 1.82) is 0 Å². The van der Waals surface area contributed by atoms with Crippen molar-refractivity contribution >= 4 is 5.97 Å². The molecule has 1 rings (SSSR count). The van der Waals surface area contributed by atoms with Crippen LogP contribution >= 0.6 is 0 Å². The lowest BCUT2D eigenvalue weighted by atomic mass is 10.3. The Morgan fingerprint density at radius 2 is 2.24 bits per heavy atom. The van der Waals surface area contributed by atoms with Crippen LogP contribution in [0.5, 0.6) is 5.88 Å². The molecule has 0 spiro atoms. The molecule has 0 aliphatic heterocycles. The molecule has 1 heterocycles. The molecule has 1 N–H and O–H groups in total. The van der Waals surface area contributed by atoms with Gasteiger partial charge in [-0.1, -0.05) is 6.92 Å². The van der Waals surface area contributed by atoms with Gasteiger partial charge in [0.1, 0.15) is 12.4 Å². The number of carboxylic acid groups (broad SMARTS) is 1. The monoisotopic (exact) mass is 240 g/mol. The minimum atomic E-state index is -0.896. The van der Waals surface area contributed by atoms with Gasteiger partial charge in [0.15, 0.2) is 0 Å². The summed E-state index contributed by atoms with van der Waals surface area (Å²) in [6.45, 7) is 2.42. The summed E-state index contributed by atoms with van der Waals surface area (Å²) in [6.07, 6.45) is 0.637. The highest BCUT2D eigenvalue weighted by atomic mass is 16.5. The largest absolute Gasteiger partial charge is 0.481 e. The average Bonchev–Trinajstić information content (AvgIpc) is 2.28. The highest BCUT2D eigenvalue weighted by Crippen LogP contribution is 2.11. The Labute approximate surface area is 99.6 Å². The Bertz CT molecular complexity index is 382. The van der Waals surface area contributed by atoms with Gasteiger partial charge in [0.2, 0.25) is 5.88 Å². The summed E-state index contributed by atoms with van der Waals surface area (Å²) in [7, 11) is 1.58. The van der Waals surface area contributed by atoms with Crippen molar-refractivity contribution < 1.29 is 19.4 Å². The second-order valence-corrected chi connectivity index (χ2v) is 3.39. The van der Waals surface area contributed by atoms with Crippen LogP contribution in [0.4, 0.5) is 0 Å². The van der Waals surface area contributed by atoms with Gasteiger partial charge in [0.25, 0.3) is 0 Å². The summed E-state index contributed by atoms with van der Waals surface area (Å²) >= 11 is 0. The molecule has 0 aromatic carbocycles. The number of nitrogens with zero attached hydrogens (tertiary/aromatic N) is 2. The van der Waals surface area contributed by atoms with E-state index >= 15 is 0 Å². The normalized spacial score (nSPS) is 10.2. The summed E-state index contributed by atoms with van der Waals surface area (Å²) in [5.74, 6) is 0.155. The minimum Gasteiger partial charge on any atom is -0.481 e. The molecule has 0 bridgehead atoms. The third-order valence-corrected chi connectivity index (χ3v) is 1.98. The molecule has 1 aromatic rings. The van der Waals surface area contributed by atoms with Crippen LogP contribution in [-0.4, -0.2) is 34.8 Å². The fourth-order valence-corrected chi connectivity index (χ4v) is 1.22. The second kappa shape index (κ2) is 6.80. The van der Waals surface area contributed by atoms with E-state index in [4.69, 9.17) is 14.6 Å². The lowest BCUT2D eigenvalue weighted by Gasteiger charge is -2.07. The number of aliphatic carboxylic acids is 1. The lowest BCUT2D eigenvalue weighted by Crippen LogP contribution is -2.08. The Kier molecular flexibility index (Phi) is 5.35. The van der Waals surface area contributed by atoms with Crippen molar-refractivity contribution in [2.45, 2.75) is 26.4 Å². The standard InChI is InChI=1S/C11H16N2O4/c1-3-9-12-8(7-16-2)6-10(13-9)17-5-4-11(14)15/h6H,3-5,7H2,1-2H3,(H,14,15). The van der Waals surface area contributed by atoms with Crippen molar-refractivity contribution in [2.24, 2.45) is 0 Å². The maximum absolute atomic E-state index is 10.3. The van der Waals surface area contributed by atoms with Crippen LogP contribution in [0.25, 0.3) is 0 Å². The first-order valence-electron chi connectivity index (χ1n) is 5.36. The molecular weight excluding hydrogens is 224 g/mol. The van der Waals surface area contributed by atoms with E-state index in [0.29, 0.717) is 24.7 Å². The molecule has 0 amide bonds. The number of hydrogen-bond donors (Lipinski definition) is 1. The quantitative estimate of drug-likeness (QED) is 0.766. The van der Waals surface area contributed by atoms with Gasteiger partial charge in [-0.15, -0.1) is 0 Å². The van der Waals surface area contributed by atoms with Gasteiger partial charge < -0.3 is 14.6 Å². The molecule has 6 heteroatoms. The topological polar surface area (TPSA) is 81.5 Å². The van der Waals surface area contributed by atoms with Crippen LogP contribution in [0.2, 0.25) is 0 Å². The summed E-state index contributed by atoms with van der Waals surface area (Å²) in [5, 5.41) is 8.50. The van der Waals surface area contributed by atoms with E-state index in [0.717, 1.165) is 5.69 Å². The zero-order valence-electron chi connectivity index (χ0n) is 9.97. The maximum atomic E-state index is 10.3. The van der Waals surface area contributed by atoms with Crippen molar-refractivity contribution in [3.8, 4) is 5.88 Å². The molecule has 0 radical (unpaired) electrons. The third kappa shape index (κ3) is 4.78. The van der Waals surface area contributed by atoms with E-state index in [1.54, 1.807) is 13.2 Å². The minimum absolute atomic E-state index is 0.0505. The van der Waals surface area contributed by atoms with Gasteiger partial charge in [0.05, 0.1) is 18.7 Å². The molecule has 0 saturated heterocycles. The van der Waals surface area contributed by atoms with E-state index in [2.05, 4.69) is 9.97 Å². The van der Waals surface area contributed by atoms with Gasteiger partial charge >= 0.3 is 5.97 Å². The highest BCUT2D eigenvalue weighted by Gasteiger charge is 2.05. The number of carbonyl (C=O) groups is 1. The first-order valence-corrected chi connectivity index (χ1v) is 5.36. The number of hydrogen-bond acceptors (Lipinski definition) is 5. The first-order chi connectivity index (χ1) is 8.15. The fraction of sp³-hybridized carbons (Fsp3) is 0.545. The smallest absolute Gasteiger partial charge is 0.306 e. The summed E-state index contributed by atoms with van der Waals surface area (Å²) in [4.78, 5) is 18.8. The molecule has 0 aliphatic carbocycles. The highest BCUT2D eigenvalue weighted by molar-refractivity contribution is 5.66. The molecule has 0 unspecified atom stereocenters. The van der Waals surface area contributed by atoms with E-state index in [9.17, 15) is 4.79 Å². The van der Waals surface area contributed by atoms with Gasteiger partial charge in [-0.2, -0.15) is 4.98 Å². The molecular formula is C11H16N2O4. The molecule has 0 atom stereocenters. The number of methoxy groups -OCH3 is 1. The number of ether oxygens (including phenoxy) is 2. The first kappa shape index (κ1) is 13.4. The molecule has 0 saturated carbocycles. The van der Waals surface area contributed by atoms with Crippen molar-refractivity contribution in [3.63, 3.8) is 0 Å². The Hall–Kier alpha value is -1.69. The third-order valence-electron chi connectivity index (χ3n) is 1.98. The fourth-order valence-electron chi connectivity index (χ4n) is 1.22. The van der Waals surface area contributed by atoms with Crippen LogP contribution in [0.3, 0.4) is 0 Å². The number of rotatable bonds is 7. The second-order valence-electron chi connectivity index (χ2n) is 3.39. The zero-order valence-corrected chi connectivity index (χ0v) is 9.97. The van der Waals surface area contributed by atoms with E-state index in [1.807, 2.05) is 6.92 Å². The molecule has 17 heavy (non-hydrogen) atoms. The summed E-state index contributed by atoms with van der Waals surface area (Å²) in [5.41, 5.74) is 0.727. The molecule has 1 aromatic heterocycles. The molecule has 0 aliphatic rings. The van der Waals surface area contributed by atoms with E-state index < -0.39 is 5.97 Å². The van der Waals surface area contributed by atoms with Gasteiger partial charge in [-0.05, 0) is 0 Å². The number of carboxylic acids is 1. The van der Waals surface area contributed by atoms with Crippen LogP contribution in [0, 0.1) is 0 Å². The number of aryl methyl sites for hydroxylation is 1. The van der Waals surface area contributed by atoms with Gasteiger partial charge in [-0.25, -0.2) is 4.98 Å². The van der Waals surface area contributed by atoms with Crippen LogP contribution in [0.1, 0.15) is 24.9 Å². The van der Waals surface area contributed by atoms with E-state index in [-0.39, 0.29) is 13.0 Å². The molecule has 94 valence electrons. The predicted molar refractivity (Wildman–Crippen MR) is 59.9 cm³/mol. The summed E-state index contributed by atoms with van der Waals surface area (Å²) in [6, 6.07) is 1.66. The average molecular weight is 240 g/mol. The Balaban J connectivity index is 2.69. The van der Waals surface area contributed by atoms with Crippen molar-refractivity contribution in [1.82, 2.24) is 9.97 Å². The van der Waals surface area contributed by atoms with Crippen LogP contribution in [-0.2, 0) is 22.6 Å². The van der Waals surface area contributed by atoms with Crippen LogP contribution in [0.15, 0.2) is 6.07 Å². The Morgan fingerprint density at radius 3 is 2.82 bits per heavy atom. The van der Waals surface area contributed by atoms with E-state index in [1.165, 1.54) is 0 Å². The van der Waals surface area contributed by atoms with Crippen molar-refractivity contribution in [3.05, 3.63) is 17.6 Å². The maximum Gasteiger partial charge on any atom is 0.306 e. The molecule has 6 nitrogen and oxygen atoms in total. The van der Waals surface area contributed by atoms with Gasteiger partial charge in [-0.3, -0.25) is 4.79 Å². The summed E-state index contributed by atoms with van der Waals surface area (Å²) < 4.78 is 10.2. The number of aromatic nitrogens is 2. The SMILES string of the molecule is CCc1nc(COC)cc(OCCC(=O)O)n1. The van der Waals surface area contributed by atoms with Crippen molar-refractivity contribution in [2.75, 3.05) is 13.7 Å².